The minimum absolute atomic E-state index is 0.275. The van der Waals surface area contributed by atoms with Gasteiger partial charge in [0.2, 0.25) is 11.4 Å². The quantitative estimate of drug-likeness (QED) is 0.150. The molecule has 5 aromatic carbocycles. The van der Waals surface area contributed by atoms with Crippen LogP contribution in [-0.4, -0.2) is 22.6 Å². The highest BCUT2D eigenvalue weighted by Crippen LogP contribution is 2.59. The highest BCUT2D eigenvalue weighted by Gasteiger charge is 2.69. The summed E-state index contributed by atoms with van der Waals surface area (Å²) in [5, 5.41) is 8.26. The van der Waals surface area contributed by atoms with Crippen LogP contribution in [0.25, 0.3) is 50.1 Å². The smallest absolute Gasteiger partial charge is 0.350 e. The molecule has 7 nitrogen and oxygen atoms in total. The zero-order valence-electron chi connectivity index (χ0n) is 24.2. The van der Waals surface area contributed by atoms with E-state index in [0.717, 1.165) is 39.9 Å². The Bertz CT molecular complexity index is 2750. The van der Waals surface area contributed by atoms with E-state index >= 15 is 0 Å². The van der Waals surface area contributed by atoms with Crippen LogP contribution in [0.4, 0.5) is 11.4 Å². The van der Waals surface area contributed by atoms with Crippen LogP contribution in [0.2, 0.25) is 0 Å². The lowest BCUT2D eigenvalue weighted by molar-refractivity contribution is -1.03. The number of nitrogens with zero attached hydrogens (tertiary/aromatic N) is 6. The van der Waals surface area contributed by atoms with Crippen molar-refractivity contribution in [1.29, 1.82) is 0 Å². The van der Waals surface area contributed by atoms with Crippen molar-refractivity contribution < 1.29 is 14.1 Å². The summed E-state index contributed by atoms with van der Waals surface area (Å²) >= 11 is 0. The van der Waals surface area contributed by atoms with Crippen LogP contribution >= 0.6 is 0 Å². The van der Waals surface area contributed by atoms with Gasteiger partial charge in [-0.25, -0.2) is 0 Å². The molecule has 0 amide bonds. The third kappa shape index (κ3) is 1.99. The molecule has 1 unspecified atom stereocenters. The van der Waals surface area contributed by atoms with E-state index in [1.165, 1.54) is 53.9 Å². The monoisotopic (exact) mass is 605 g/mol. The van der Waals surface area contributed by atoms with Gasteiger partial charge in [-0.1, -0.05) is 82.8 Å². The van der Waals surface area contributed by atoms with Gasteiger partial charge in [0.25, 0.3) is 18.3 Å². The van der Waals surface area contributed by atoms with Crippen LogP contribution in [0, 0.1) is 0 Å². The number of pyridine rings is 1. The van der Waals surface area contributed by atoms with Gasteiger partial charge in [-0.3, -0.25) is 0 Å². The molecule has 2 spiro atoms. The molecule has 0 saturated heterocycles. The molecule has 210 valence electrons. The Hall–Kier alpha value is -5.96. The Balaban J connectivity index is 1.37. The van der Waals surface area contributed by atoms with E-state index in [-0.39, 0.29) is 4.70 Å². The van der Waals surface area contributed by atoms with Crippen LogP contribution in [0.5, 0.6) is 11.5 Å². The first-order valence-electron chi connectivity index (χ1n) is 15.6. The molecule has 13 rings (SSSR count). The van der Waals surface area contributed by atoms with Crippen molar-refractivity contribution in [3.05, 3.63) is 128 Å². The van der Waals surface area contributed by atoms with Crippen molar-refractivity contribution in [2.45, 2.75) is 0 Å². The van der Waals surface area contributed by atoms with Crippen molar-refractivity contribution in [1.82, 2.24) is 19.2 Å². The molecule has 46 heavy (non-hydrogen) atoms. The van der Waals surface area contributed by atoms with Crippen LogP contribution in [0.15, 0.2) is 128 Å². The number of hydrogen-bond acceptors (Lipinski definition) is 3. The third-order valence-corrected chi connectivity index (χ3v) is 16.1. The second-order valence-electron chi connectivity index (χ2n) is 12.8. The van der Waals surface area contributed by atoms with Crippen molar-refractivity contribution in [2.24, 2.45) is 0 Å². The lowest BCUT2D eigenvalue weighted by Crippen LogP contribution is -2.85. The molecule has 5 aliphatic rings. The fourth-order valence-corrected chi connectivity index (χ4v) is 15.3. The Morgan fingerprint density at radius 2 is 1.37 bits per heavy atom. The van der Waals surface area contributed by atoms with Gasteiger partial charge in [-0.05, 0) is 67.3 Å². The lowest BCUT2D eigenvalue weighted by atomic mass is 10.1. The SMILES string of the molecule is c1ccc2c(c1)-c1ccccc1[Si]21c2ccc3c4c2-n2c5c1cccc5c1ccc[n+](c12)[N+]41c2c(cccc2-c2ncnc[n+]21)O3. The van der Waals surface area contributed by atoms with Crippen LogP contribution in [0.3, 0.4) is 0 Å². The van der Waals surface area contributed by atoms with E-state index in [2.05, 4.69) is 134 Å². The summed E-state index contributed by atoms with van der Waals surface area (Å²) in [4.78, 5) is 9.51. The third-order valence-electron chi connectivity index (χ3n) is 11.2. The Labute approximate surface area is 262 Å². The van der Waals surface area contributed by atoms with E-state index in [0.29, 0.717) is 0 Å². The maximum Gasteiger partial charge on any atom is 0.350 e. The highest BCUT2D eigenvalue weighted by atomic mass is 28.3. The lowest BCUT2D eigenvalue weighted by Gasteiger charge is -2.40. The Morgan fingerprint density at radius 3 is 2.24 bits per heavy atom. The number of hydrogen-bond donors (Lipinski definition) is 0. The zero-order valence-corrected chi connectivity index (χ0v) is 25.2. The molecule has 0 aliphatic carbocycles. The highest BCUT2D eigenvalue weighted by molar-refractivity contribution is 7.23. The van der Waals surface area contributed by atoms with Crippen molar-refractivity contribution >= 4 is 62.1 Å². The van der Waals surface area contributed by atoms with E-state index in [1.807, 2.05) is 6.33 Å². The number of aromatic nitrogens is 5. The standard InChI is InChI=1S/C38H21N6OSi/c1-3-14-29-22(8-1)23-9-2-4-15-30(23)46(29)31-16-6-10-24-25-12-7-19-41-38(25)43(33(24)31)34-32(46)18-17-28-36(34)44(41)35-26(11-5-13-27(35)45-28)37-40-20-39-21-42(37)44/h1-21H/q+3. The number of para-hydroxylation sites is 2. The van der Waals surface area contributed by atoms with Gasteiger partial charge in [0.05, 0.1) is 10.1 Å². The summed E-state index contributed by atoms with van der Waals surface area (Å²) in [5.74, 6) is 2.56. The summed E-state index contributed by atoms with van der Waals surface area (Å²) in [7, 11) is -2.79. The molecule has 8 heterocycles. The number of rotatable bonds is 0. The molecule has 0 fully saturated rings. The molecule has 0 N–H and O–H groups in total. The molecule has 8 heteroatoms. The van der Waals surface area contributed by atoms with Gasteiger partial charge in [0, 0.05) is 15.8 Å². The normalized spacial score (nSPS) is 18.4. The average molecular weight is 606 g/mol. The largest absolute Gasteiger partial charge is 0.444 e. The molecule has 5 aliphatic heterocycles. The molecule has 3 aromatic heterocycles. The first-order chi connectivity index (χ1) is 22.8. The predicted octanol–water partition coefficient (Wildman–Crippen LogP) is 3.79. The average Bonchev–Trinajstić information content (AvgIpc) is 3.72. The number of quaternary nitrogens is 1. The Kier molecular flexibility index (Phi) is 3.41. The van der Waals surface area contributed by atoms with Crippen molar-refractivity contribution in [3.63, 3.8) is 0 Å². The minimum atomic E-state index is -2.79. The fourth-order valence-electron chi connectivity index (χ4n) is 9.79. The molecule has 1 atom stereocenters. The van der Waals surface area contributed by atoms with Crippen molar-refractivity contribution in [2.75, 3.05) is 0 Å². The molecule has 0 radical (unpaired) electrons. The van der Waals surface area contributed by atoms with Gasteiger partial charge >= 0.3 is 17.2 Å². The van der Waals surface area contributed by atoms with Crippen LogP contribution in [0.1, 0.15) is 0 Å². The topological polar surface area (TPSA) is 47.7 Å². The summed E-state index contributed by atoms with van der Waals surface area (Å²) in [6.07, 6.45) is 5.80. The maximum atomic E-state index is 6.92. The van der Waals surface area contributed by atoms with Gasteiger partial charge < -0.3 is 4.74 Å². The molecule has 0 saturated carbocycles. The van der Waals surface area contributed by atoms with E-state index in [9.17, 15) is 0 Å². The van der Waals surface area contributed by atoms with E-state index in [1.54, 1.807) is 6.33 Å². The van der Waals surface area contributed by atoms with Gasteiger partial charge in [0.1, 0.15) is 11.1 Å². The maximum absolute atomic E-state index is 6.92. The fraction of sp³-hybridized carbons (Fsp3) is 0. The molecular formula is C38H21N6OSi+3. The van der Waals surface area contributed by atoms with Crippen LogP contribution < -0.4 is 39.5 Å². The first-order valence-corrected chi connectivity index (χ1v) is 17.6. The summed E-state index contributed by atoms with van der Waals surface area (Å²) in [5.41, 5.74) is 9.61. The summed E-state index contributed by atoms with van der Waals surface area (Å²) in [6.45, 7) is 0. The second-order valence-corrected chi connectivity index (χ2v) is 16.5. The minimum Gasteiger partial charge on any atom is -0.444 e. The van der Waals surface area contributed by atoms with Gasteiger partial charge in [-0.2, -0.15) is 4.57 Å². The number of benzene rings is 5. The summed E-state index contributed by atoms with van der Waals surface area (Å²) < 4.78 is 14.4. The Morgan fingerprint density at radius 1 is 0.630 bits per heavy atom. The van der Waals surface area contributed by atoms with Gasteiger partial charge in [-0.15, -0.1) is 0 Å². The zero-order chi connectivity index (χ0) is 29.5. The second kappa shape index (κ2) is 6.97. The predicted molar refractivity (Wildman–Crippen MR) is 177 cm³/mol. The molecule has 8 aromatic rings. The molecule has 0 bridgehead atoms. The van der Waals surface area contributed by atoms with Crippen LogP contribution in [-0.2, 0) is 0 Å². The first kappa shape index (κ1) is 22.5. The number of ether oxygens (including phenoxy) is 1. The molecular weight excluding hydrogens is 585 g/mol. The number of fused-ring (bicyclic) bond motifs is 10. The van der Waals surface area contributed by atoms with E-state index in [4.69, 9.17) is 9.72 Å². The van der Waals surface area contributed by atoms with Crippen molar-refractivity contribution in [3.8, 4) is 39.7 Å². The van der Waals surface area contributed by atoms with E-state index < -0.39 is 8.07 Å². The van der Waals surface area contributed by atoms with Gasteiger partial charge in [0.15, 0.2) is 20.0 Å². The summed E-state index contributed by atoms with van der Waals surface area (Å²) in [6, 6.07) is 40.7.